The number of benzene rings is 1. The van der Waals surface area contributed by atoms with Crippen molar-refractivity contribution in [3.8, 4) is 0 Å². The van der Waals surface area contributed by atoms with Crippen LogP contribution in [0.1, 0.15) is 32.1 Å². The van der Waals surface area contributed by atoms with Gasteiger partial charge in [0.05, 0.1) is 10.7 Å². The smallest absolute Gasteiger partial charge is 0.319 e. The second kappa shape index (κ2) is 9.18. The van der Waals surface area contributed by atoms with Crippen molar-refractivity contribution in [3.05, 3.63) is 29.0 Å². The van der Waals surface area contributed by atoms with E-state index in [2.05, 4.69) is 10.6 Å². The van der Waals surface area contributed by atoms with E-state index in [-0.39, 0.29) is 17.1 Å². The number of carboxylic acid groups (broad SMARTS) is 1. The minimum Gasteiger partial charge on any atom is -0.481 e. The number of halogens is 2. The Morgan fingerprint density at radius 3 is 2.62 bits per heavy atom. The van der Waals surface area contributed by atoms with Crippen molar-refractivity contribution in [2.24, 2.45) is 0 Å². The Kier molecular flexibility index (Phi) is 7.53. The molecule has 0 fully saturated rings. The van der Waals surface area contributed by atoms with E-state index in [9.17, 15) is 14.0 Å². The molecule has 0 aliphatic carbocycles. The van der Waals surface area contributed by atoms with Gasteiger partial charge in [-0.25, -0.2) is 9.18 Å². The largest absolute Gasteiger partial charge is 0.481 e. The fourth-order valence-corrected chi connectivity index (χ4v) is 1.88. The molecule has 0 heterocycles. The van der Waals surface area contributed by atoms with Crippen LogP contribution in [0.4, 0.5) is 14.9 Å². The molecule has 2 amide bonds. The lowest BCUT2D eigenvalue weighted by atomic mass is 10.1. The number of urea groups is 1. The molecule has 116 valence electrons. The number of hydrogen-bond acceptors (Lipinski definition) is 2. The van der Waals surface area contributed by atoms with E-state index < -0.39 is 17.8 Å². The van der Waals surface area contributed by atoms with Gasteiger partial charge in [0.2, 0.25) is 0 Å². The number of carboxylic acids is 1. The van der Waals surface area contributed by atoms with Crippen molar-refractivity contribution in [1.29, 1.82) is 0 Å². The van der Waals surface area contributed by atoms with Crippen molar-refractivity contribution in [2.45, 2.75) is 32.1 Å². The third-order valence-corrected chi connectivity index (χ3v) is 3.11. The van der Waals surface area contributed by atoms with Gasteiger partial charge in [-0.05, 0) is 31.0 Å². The summed E-state index contributed by atoms with van der Waals surface area (Å²) < 4.78 is 13.0. The first-order valence-corrected chi connectivity index (χ1v) is 7.08. The van der Waals surface area contributed by atoms with E-state index in [0.29, 0.717) is 13.0 Å². The zero-order chi connectivity index (χ0) is 15.7. The maximum absolute atomic E-state index is 13.0. The summed E-state index contributed by atoms with van der Waals surface area (Å²) in [5.74, 6) is -1.27. The van der Waals surface area contributed by atoms with Gasteiger partial charge in [-0.15, -0.1) is 0 Å². The molecule has 0 unspecified atom stereocenters. The third-order valence-electron chi connectivity index (χ3n) is 2.78. The molecule has 0 spiro atoms. The quantitative estimate of drug-likeness (QED) is 0.641. The van der Waals surface area contributed by atoms with Crippen molar-refractivity contribution >= 4 is 29.3 Å². The number of rotatable bonds is 8. The average Bonchev–Trinajstić information content (AvgIpc) is 2.41. The number of anilines is 1. The summed E-state index contributed by atoms with van der Waals surface area (Å²) in [4.78, 5) is 21.9. The van der Waals surface area contributed by atoms with Crippen molar-refractivity contribution < 1.29 is 19.1 Å². The van der Waals surface area contributed by atoms with E-state index in [0.717, 1.165) is 25.3 Å². The molecule has 0 radical (unpaired) electrons. The molecular formula is C14H18ClFN2O3. The number of nitrogens with one attached hydrogen (secondary N) is 2. The summed E-state index contributed by atoms with van der Waals surface area (Å²) in [5.41, 5.74) is 0.218. The van der Waals surface area contributed by atoms with Crippen LogP contribution in [0, 0.1) is 5.82 Å². The van der Waals surface area contributed by atoms with Crippen molar-refractivity contribution in [1.82, 2.24) is 5.32 Å². The summed E-state index contributed by atoms with van der Waals surface area (Å²) in [5, 5.41) is 13.8. The average molecular weight is 317 g/mol. The molecule has 0 aliphatic heterocycles. The highest BCUT2D eigenvalue weighted by atomic mass is 35.5. The van der Waals surface area contributed by atoms with E-state index in [1.165, 1.54) is 12.1 Å². The zero-order valence-electron chi connectivity index (χ0n) is 11.5. The first-order chi connectivity index (χ1) is 9.99. The first-order valence-electron chi connectivity index (χ1n) is 6.70. The highest BCUT2D eigenvalue weighted by Gasteiger charge is 2.06. The maximum atomic E-state index is 13.0. The van der Waals surface area contributed by atoms with Gasteiger partial charge >= 0.3 is 12.0 Å². The minimum absolute atomic E-state index is 0.173. The molecule has 0 saturated carbocycles. The van der Waals surface area contributed by atoms with Gasteiger partial charge < -0.3 is 15.7 Å². The topological polar surface area (TPSA) is 78.4 Å². The predicted molar refractivity (Wildman–Crippen MR) is 79.2 cm³/mol. The molecule has 0 bridgehead atoms. The van der Waals surface area contributed by atoms with E-state index >= 15 is 0 Å². The maximum Gasteiger partial charge on any atom is 0.319 e. The normalized spacial score (nSPS) is 10.2. The van der Waals surface area contributed by atoms with Gasteiger partial charge in [0.25, 0.3) is 0 Å². The Morgan fingerprint density at radius 2 is 1.90 bits per heavy atom. The molecular weight excluding hydrogens is 299 g/mol. The SMILES string of the molecule is O=C(O)CCCCCCNC(=O)Nc1cc(F)ccc1Cl. The van der Waals surface area contributed by atoms with Gasteiger partial charge in [0.15, 0.2) is 0 Å². The van der Waals surface area contributed by atoms with E-state index in [4.69, 9.17) is 16.7 Å². The molecule has 0 atom stereocenters. The highest BCUT2D eigenvalue weighted by molar-refractivity contribution is 6.33. The number of carbonyl (C=O) groups excluding carboxylic acids is 1. The Balaban J connectivity index is 2.17. The minimum atomic E-state index is -0.792. The van der Waals surface area contributed by atoms with Gasteiger partial charge in [-0.2, -0.15) is 0 Å². The summed E-state index contributed by atoms with van der Waals surface area (Å²) in [6.45, 7) is 0.464. The second-order valence-corrected chi connectivity index (χ2v) is 4.97. The first kappa shape index (κ1) is 17.2. The molecule has 21 heavy (non-hydrogen) atoms. The zero-order valence-corrected chi connectivity index (χ0v) is 12.3. The molecule has 1 rings (SSSR count). The van der Waals surface area contributed by atoms with Crippen LogP contribution in [0.5, 0.6) is 0 Å². The summed E-state index contributed by atoms with van der Waals surface area (Å²) >= 11 is 5.83. The lowest BCUT2D eigenvalue weighted by Crippen LogP contribution is -2.29. The summed E-state index contributed by atoms with van der Waals surface area (Å²) in [6, 6.07) is 3.28. The third kappa shape index (κ3) is 7.51. The lowest BCUT2D eigenvalue weighted by molar-refractivity contribution is -0.137. The van der Waals surface area contributed by atoms with Gasteiger partial charge in [-0.1, -0.05) is 24.4 Å². The van der Waals surface area contributed by atoms with Crippen LogP contribution in [0.3, 0.4) is 0 Å². The molecule has 1 aromatic rings. The summed E-state index contributed by atoms with van der Waals surface area (Å²) in [6.07, 6.45) is 3.22. The van der Waals surface area contributed by atoms with Crippen LogP contribution in [-0.2, 0) is 4.79 Å². The molecule has 0 saturated heterocycles. The standard InChI is InChI=1S/C14H18ClFN2O3/c15-11-7-6-10(16)9-12(11)18-14(21)17-8-4-2-1-3-5-13(19)20/h6-7,9H,1-5,8H2,(H,19,20)(H2,17,18,21). The van der Waals surface area contributed by atoms with Crippen molar-refractivity contribution in [2.75, 3.05) is 11.9 Å². The number of hydrogen-bond donors (Lipinski definition) is 3. The monoisotopic (exact) mass is 316 g/mol. The molecule has 0 aromatic heterocycles. The van der Waals surface area contributed by atoms with Crippen LogP contribution in [0.2, 0.25) is 5.02 Å². The Labute approximate surface area is 127 Å². The number of unbranched alkanes of at least 4 members (excludes halogenated alkanes) is 3. The van der Waals surface area contributed by atoms with Crippen LogP contribution in [0.15, 0.2) is 18.2 Å². The number of amides is 2. The fraction of sp³-hybridized carbons (Fsp3) is 0.429. The Bertz CT molecular complexity index is 497. The molecule has 3 N–H and O–H groups in total. The molecule has 5 nitrogen and oxygen atoms in total. The van der Waals surface area contributed by atoms with E-state index in [1.54, 1.807) is 0 Å². The van der Waals surface area contributed by atoms with Crippen LogP contribution >= 0.6 is 11.6 Å². The Hall–Kier alpha value is -1.82. The van der Waals surface area contributed by atoms with Gasteiger partial charge in [-0.3, -0.25) is 4.79 Å². The lowest BCUT2D eigenvalue weighted by Gasteiger charge is -2.09. The van der Waals surface area contributed by atoms with Crippen molar-refractivity contribution in [3.63, 3.8) is 0 Å². The highest BCUT2D eigenvalue weighted by Crippen LogP contribution is 2.22. The van der Waals surface area contributed by atoms with E-state index in [1.807, 2.05) is 0 Å². The molecule has 7 heteroatoms. The van der Waals surface area contributed by atoms with Crippen LogP contribution < -0.4 is 10.6 Å². The summed E-state index contributed by atoms with van der Waals surface area (Å²) in [7, 11) is 0. The fourth-order valence-electron chi connectivity index (χ4n) is 1.72. The molecule has 1 aromatic carbocycles. The van der Waals surface area contributed by atoms with Crippen LogP contribution in [-0.4, -0.2) is 23.7 Å². The van der Waals surface area contributed by atoms with Crippen LogP contribution in [0.25, 0.3) is 0 Å². The van der Waals surface area contributed by atoms with Gasteiger partial charge in [0, 0.05) is 13.0 Å². The Morgan fingerprint density at radius 1 is 1.19 bits per heavy atom. The predicted octanol–water partition coefficient (Wildman–Crippen LogP) is 3.64. The number of aliphatic carboxylic acids is 1. The number of carbonyl (C=O) groups is 2. The second-order valence-electron chi connectivity index (χ2n) is 4.56. The van der Waals surface area contributed by atoms with Gasteiger partial charge in [0.1, 0.15) is 5.82 Å². The molecule has 0 aliphatic rings.